The zero-order valence-corrected chi connectivity index (χ0v) is 13.4. The lowest BCUT2D eigenvalue weighted by molar-refractivity contribution is 0.0784. The van der Waals surface area contributed by atoms with Gasteiger partial charge in [0.25, 0.3) is 0 Å². The summed E-state index contributed by atoms with van der Waals surface area (Å²) in [6, 6.07) is 5.81. The monoisotopic (exact) mass is 327 g/mol. The van der Waals surface area contributed by atoms with Crippen LogP contribution in [0.4, 0.5) is 0 Å². The lowest BCUT2D eigenvalue weighted by Crippen LogP contribution is -2.30. The average molecular weight is 327 g/mol. The Kier molecular flexibility index (Phi) is 6.32. The zero-order valence-electron chi connectivity index (χ0n) is 12.6. The van der Waals surface area contributed by atoms with Gasteiger partial charge >= 0.3 is 0 Å². The fourth-order valence-corrected chi connectivity index (χ4v) is 2.88. The van der Waals surface area contributed by atoms with E-state index in [1.54, 1.807) is 13.3 Å². The minimum absolute atomic E-state index is 0.0565. The molecule has 0 fully saturated rings. The van der Waals surface area contributed by atoms with Gasteiger partial charge in [0, 0.05) is 26.3 Å². The molecule has 2 aromatic heterocycles. The first-order chi connectivity index (χ1) is 10.6. The zero-order chi connectivity index (χ0) is 15.8. The SMILES string of the molecule is COCCOCCS(=O)(=O)NCCc1ncc2ccccn12. The molecule has 0 aliphatic rings. The molecule has 0 aromatic carbocycles. The fraction of sp³-hybridized carbons (Fsp3) is 0.500. The maximum absolute atomic E-state index is 11.8. The third kappa shape index (κ3) is 5.06. The molecule has 0 bridgehead atoms. The van der Waals surface area contributed by atoms with Crippen LogP contribution in [0.5, 0.6) is 0 Å². The molecule has 0 aliphatic carbocycles. The van der Waals surface area contributed by atoms with E-state index in [0.717, 1.165) is 11.3 Å². The van der Waals surface area contributed by atoms with Gasteiger partial charge < -0.3 is 13.9 Å². The second-order valence-corrected chi connectivity index (χ2v) is 6.66. The van der Waals surface area contributed by atoms with Crippen molar-refractivity contribution in [3.05, 3.63) is 36.4 Å². The molecular formula is C14H21N3O4S. The smallest absolute Gasteiger partial charge is 0.213 e. The number of fused-ring (bicyclic) bond motifs is 1. The number of sulfonamides is 1. The van der Waals surface area contributed by atoms with Crippen molar-refractivity contribution in [2.45, 2.75) is 6.42 Å². The summed E-state index contributed by atoms with van der Waals surface area (Å²) in [6.45, 7) is 1.33. The summed E-state index contributed by atoms with van der Waals surface area (Å²) in [7, 11) is -1.76. The van der Waals surface area contributed by atoms with Crippen molar-refractivity contribution in [1.82, 2.24) is 14.1 Å². The maximum Gasteiger partial charge on any atom is 0.213 e. The number of ether oxygens (including phenoxy) is 2. The molecule has 0 atom stereocenters. The second kappa shape index (κ2) is 8.23. The van der Waals surface area contributed by atoms with Gasteiger partial charge in [0.2, 0.25) is 10.0 Å². The van der Waals surface area contributed by atoms with Gasteiger partial charge in [0.05, 0.1) is 37.3 Å². The molecule has 2 aromatic rings. The van der Waals surface area contributed by atoms with Crippen molar-refractivity contribution in [1.29, 1.82) is 0 Å². The lowest BCUT2D eigenvalue weighted by Gasteiger charge is -2.07. The van der Waals surface area contributed by atoms with Gasteiger partial charge in [-0.2, -0.15) is 0 Å². The van der Waals surface area contributed by atoms with Gasteiger partial charge in [0.15, 0.2) is 0 Å². The molecule has 0 saturated carbocycles. The van der Waals surface area contributed by atoms with E-state index >= 15 is 0 Å². The van der Waals surface area contributed by atoms with Crippen LogP contribution in [-0.4, -0.2) is 57.0 Å². The second-order valence-electron chi connectivity index (χ2n) is 4.74. The number of methoxy groups -OCH3 is 1. The Hall–Kier alpha value is -1.48. The molecule has 0 amide bonds. The van der Waals surface area contributed by atoms with Gasteiger partial charge in [-0.05, 0) is 12.1 Å². The number of rotatable bonds is 10. The number of aromatic nitrogens is 2. The first-order valence-electron chi connectivity index (χ1n) is 7.07. The first kappa shape index (κ1) is 16.9. The minimum Gasteiger partial charge on any atom is -0.382 e. The Morgan fingerprint density at radius 2 is 2.14 bits per heavy atom. The lowest BCUT2D eigenvalue weighted by atomic mass is 10.4. The molecule has 122 valence electrons. The van der Waals surface area contributed by atoms with E-state index < -0.39 is 10.0 Å². The number of hydrogen-bond acceptors (Lipinski definition) is 5. The van der Waals surface area contributed by atoms with Crippen LogP contribution in [0.15, 0.2) is 30.6 Å². The predicted molar refractivity (Wildman–Crippen MR) is 83.4 cm³/mol. The van der Waals surface area contributed by atoms with Gasteiger partial charge in [-0.3, -0.25) is 0 Å². The fourth-order valence-electron chi connectivity index (χ4n) is 1.99. The normalized spacial score (nSPS) is 12.0. The molecule has 22 heavy (non-hydrogen) atoms. The summed E-state index contributed by atoms with van der Waals surface area (Å²) in [4.78, 5) is 4.30. The van der Waals surface area contributed by atoms with Crippen LogP contribution in [0.3, 0.4) is 0 Å². The van der Waals surface area contributed by atoms with Crippen LogP contribution >= 0.6 is 0 Å². The van der Waals surface area contributed by atoms with Crippen molar-refractivity contribution in [3.8, 4) is 0 Å². The van der Waals surface area contributed by atoms with E-state index in [2.05, 4.69) is 9.71 Å². The molecule has 0 aliphatic heterocycles. The molecule has 7 nitrogen and oxygen atoms in total. The quantitative estimate of drug-likeness (QED) is 0.641. The van der Waals surface area contributed by atoms with Crippen LogP contribution in [0, 0.1) is 0 Å². The third-order valence-corrected chi connectivity index (χ3v) is 4.46. The summed E-state index contributed by atoms with van der Waals surface area (Å²) in [5.41, 5.74) is 0.993. The number of nitrogens with one attached hydrogen (secondary N) is 1. The Bertz CT molecular complexity index is 684. The van der Waals surface area contributed by atoms with Gasteiger partial charge in [0.1, 0.15) is 5.82 Å². The molecule has 2 rings (SSSR count). The van der Waals surface area contributed by atoms with Crippen LogP contribution < -0.4 is 4.72 Å². The Morgan fingerprint density at radius 1 is 1.27 bits per heavy atom. The molecular weight excluding hydrogens is 306 g/mol. The largest absolute Gasteiger partial charge is 0.382 e. The van der Waals surface area contributed by atoms with Gasteiger partial charge in [-0.15, -0.1) is 0 Å². The number of hydrogen-bond donors (Lipinski definition) is 1. The number of imidazole rings is 1. The van der Waals surface area contributed by atoms with Gasteiger partial charge in [-0.1, -0.05) is 6.07 Å². The van der Waals surface area contributed by atoms with Gasteiger partial charge in [-0.25, -0.2) is 18.1 Å². The van der Waals surface area contributed by atoms with Crippen molar-refractivity contribution >= 4 is 15.5 Å². The molecule has 2 heterocycles. The summed E-state index contributed by atoms with van der Waals surface area (Å²) in [5, 5.41) is 0. The Labute approximate surface area is 130 Å². The topological polar surface area (TPSA) is 81.9 Å². The summed E-state index contributed by atoms with van der Waals surface area (Å²) in [5.74, 6) is 0.772. The van der Waals surface area contributed by atoms with Crippen LogP contribution in [0.25, 0.3) is 5.52 Å². The van der Waals surface area contributed by atoms with Crippen LogP contribution in [0.1, 0.15) is 5.82 Å². The first-order valence-corrected chi connectivity index (χ1v) is 8.72. The molecule has 1 N–H and O–H groups in total. The highest BCUT2D eigenvalue weighted by Crippen LogP contribution is 2.06. The van der Waals surface area contributed by atoms with E-state index in [-0.39, 0.29) is 12.4 Å². The molecule has 0 unspecified atom stereocenters. The van der Waals surface area contributed by atoms with Crippen molar-refractivity contribution in [3.63, 3.8) is 0 Å². The van der Waals surface area contributed by atoms with E-state index in [0.29, 0.717) is 26.2 Å². The summed E-state index contributed by atoms with van der Waals surface area (Å²) in [6.07, 6.45) is 4.21. The summed E-state index contributed by atoms with van der Waals surface area (Å²) >= 11 is 0. The number of pyridine rings is 1. The van der Waals surface area contributed by atoms with E-state index in [1.807, 2.05) is 28.8 Å². The Morgan fingerprint density at radius 3 is 2.95 bits per heavy atom. The minimum atomic E-state index is -3.33. The highest BCUT2D eigenvalue weighted by molar-refractivity contribution is 7.89. The third-order valence-electron chi connectivity index (χ3n) is 3.11. The molecule has 0 saturated heterocycles. The van der Waals surface area contributed by atoms with Crippen LogP contribution in [0.2, 0.25) is 0 Å². The highest BCUT2D eigenvalue weighted by Gasteiger charge is 2.10. The Balaban J connectivity index is 1.75. The van der Waals surface area contributed by atoms with Crippen molar-refractivity contribution in [2.24, 2.45) is 0 Å². The van der Waals surface area contributed by atoms with E-state index in [1.165, 1.54) is 0 Å². The van der Waals surface area contributed by atoms with Crippen molar-refractivity contribution in [2.75, 3.05) is 39.2 Å². The van der Waals surface area contributed by atoms with Crippen molar-refractivity contribution < 1.29 is 17.9 Å². The predicted octanol–water partition coefficient (Wildman–Crippen LogP) is 0.459. The molecule has 0 radical (unpaired) electrons. The van der Waals surface area contributed by atoms with E-state index in [4.69, 9.17) is 9.47 Å². The average Bonchev–Trinajstić information content (AvgIpc) is 2.90. The maximum atomic E-state index is 11.8. The van der Waals surface area contributed by atoms with E-state index in [9.17, 15) is 8.42 Å². The van der Waals surface area contributed by atoms with Crippen LogP contribution in [-0.2, 0) is 25.9 Å². The number of nitrogens with zero attached hydrogens (tertiary/aromatic N) is 2. The molecule has 8 heteroatoms. The highest BCUT2D eigenvalue weighted by atomic mass is 32.2. The molecule has 0 spiro atoms. The summed E-state index contributed by atoms with van der Waals surface area (Å²) < 4.78 is 38.1. The standard InChI is InChI=1S/C14H21N3O4S/c1-20-8-9-21-10-11-22(18,19)16-6-5-14-15-12-13-4-2-3-7-17(13)14/h2-4,7,12,16H,5-6,8-11H2,1H3.